The monoisotopic (exact) mass is 389 g/mol. The van der Waals surface area contributed by atoms with E-state index in [1.807, 2.05) is 18.2 Å². The van der Waals surface area contributed by atoms with Gasteiger partial charge in [0.1, 0.15) is 5.82 Å². The number of aromatic nitrogens is 1. The number of sulfone groups is 1. The molecule has 2 aromatic carbocycles. The molecule has 0 aliphatic carbocycles. The first kappa shape index (κ1) is 18.6. The van der Waals surface area contributed by atoms with Crippen molar-refractivity contribution in [3.8, 4) is 0 Å². The number of pyridine rings is 1. The van der Waals surface area contributed by atoms with Crippen LogP contribution in [0.3, 0.4) is 0 Å². The second-order valence-corrected chi connectivity index (χ2v) is 8.02. The number of nitrogens with one attached hydrogen (secondary N) is 1. The zero-order valence-corrected chi connectivity index (χ0v) is 15.8. The Labute approximate surface area is 159 Å². The van der Waals surface area contributed by atoms with Gasteiger partial charge in [-0.25, -0.2) is 13.4 Å². The minimum absolute atomic E-state index is 0. The van der Waals surface area contributed by atoms with E-state index in [1.54, 1.807) is 42.6 Å². The Bertz CT molecular complexity index is 1000. The summed E-state index contributed by atoms with van der Waals surface area (Å²) in [6.07, 6.45) is 1.78. The van der Waals surface area contributed by atoms with E-state index in [-0.39, 0.29) is 12.4 Å². The van der Waals surface area contributed by atoms with Crippen LogP contribution >= 0.6 is 12.4 Å². The average Bonchev–Trinajstić information content (AvgIpc) is 2.68. The number of fused-ring (bicyclic) bond motifs is 1. The lowest BCUT2D eigenvalue weighted by Gasteiger charge is -2.29. The van der Waals surface area contributed by atoms with E-state index >= 15 is 0 Å². The van der Waals surface area contributed by atoms with E-state index in [2.05, 4.69) is 15.2 Å². The lowest BCUT2D eigenvalue weighted by Crippen LogP contribution is -2.43. The minimum atomic E-state index is -3.54. The van der Waals surface area contributed by atoms with E-state index in [9.17, 15) is 8.42 Å². The van der Waals surface area contributed by atoms with Gasteiger partial charge in [0, 0.05) is 37.8 Å². The molecule has 1 N–H and O–H groups in total. The molecule has 1 aliphatic heterocycles. The molecule has 0 amide bonds. The fourth-order valence-electron chi connectivity index (χ4n) is 3.16. The molecule has 0 radical (unpaired) electrons. The van der Waals surface area contributed by atoms with Crippen LogP contribution in [0.1, 0.15) is 0 Å². The van der Waals surface area contributed by atoms with Crippen LogP contribution in [0.5, 0.6) is 0 Å². The standard InChI is InChI=1S/C19H19N3O2S.ClH/c23-25(24,16-4-2-1-3-5-16)17-7-6-15-8-9-21-19(18(15)14-17)22-12-10-20-11-13-22;/h1-9,14,20H,10-13H2;1H. The number of hydrogen-bond donors (Lipinski definition) is 1. The summed E-state index contributed by atoms with van der Waals surface area (Å²) >= 11 is 0. The maximum atomic E-state index is 12.9. The van der Waals surface area contributed by atoms with Crippen LogP contribution in [-0.2, 0) is 9.84 Å². The summed E-state index contributed by atoms with van der Waals surface area (Å²) in [5.41, 5.74) is 0. The van der Waals surface area contributed by atoms with Gasteiger partial charge >= 0.3 is 0 Å². The molecule has 7 heteroatoms. The van der Waals surface area contributed by atoms with E-state index in [0.717, 1.165) is 42.8 Å². The molecule has 1 aliphatic rings. The summed E-state index contributed by atoms with van der Waals surface area (Å²) in [6, 6.07) is 15.7. The Morgan fingerprint density at radius 2 is 1.65 bits per heavy atom. The molecular formula is C19H20ClN3O2S. The van der Waals surface area contributed by atoms with Crippen molar-refractivity contribution in [1.29, 1.82) is 0 Å². The summed E-state index contributed by atoms with van der Waals surface area (Å²) in [4.78, 5) is 7.34. The SMILES string of the molecule is Cl.O=S(=O)(c1ccccc1)c1ccc2ccnc(N3CCNCC3)c2c1. The van der Waals surface area contributed by atoms with Crippen LogP contribution in [0, 0.1) is 0 Å². The van der Waals surface area contributed by atoms with E-state index in [4.69, 9.17) is 0 Å². The molecule has 136 valence electrons. The van der Waals surface area contributed by atoms with Crippen molar-refractivity contribution in [2.24, 2.45) is 0 Å². The van der Waals surface area contributed by atoms with Crippen LogP contribution in [0.4, 0.5) is 5.82 Å². The topological polar surface area (TPSA) is 62.3 Å². The second-order valence-electron chi connectivity index (χ2n) is 6.07. The Hall–Kier alpha value is -2.15. The number of rotatable bonds is 3. The second kappa shape index (κ2) is 7.61. The molecule has 5 nitrogen and oxygen atoms in total. The molecule has 0 atom stereocenters. The summed E-state index contributed by atoms with van der Waals surface area (Å²) in [6.45, 7) is 3.53. The molecule has 0 spiro atoms. The zero-order valence-electron chi connectivity index (χ0n) is 14.1. The Morgan fingerprint density at radius 3 is 2.38 bits per heavy atom. The highest BCUT2D eigenvalue weighted by atomic mass is 35.5. The maximum Gasteiger partial charge on any atom is 0.206 e. The van der Waals surface area contributed by atoms with Gasteiger partial charge in [0.2, 0.25) is 9.84 Å². The van der Waals surface area contributed by atoms with Crippen molar-refractivity contribution in [2.45, 2.75) is 9.79 Å². The first-order valence-electron chi connectivity index (χ1n) is 8.31. The third-order valence-electron chi connectivity index (χ3n) is 4.50. The number of nitrogens with zero attached hydrogens (tertiary/aromatic N) is 2. The van der Waals surface area contributed by atoms with Gasteiger partial charge in [0.05, 0.1) is 9.79 Å². The normalized spacial score (nSPS) is 14.8. The third kappa shape index (κ3) is 3.40. The molecule has 0 unspecified atom stereocenters. The van der Waals surface area contributed by atoms with Gasteiger partial charge in [-0.1, -0.05) is 24.3 Å². The van der Waals surface area contributed by atoms with Gasteiger partial charge in [-0.3, -0.25) is 0 Å². The predicted molar refractivity (Wildman–Crippen MR) is 106 cm³/mol. The van der Waals surface area contributed by atoms with Crippen LogP contribution in [0.15, 0.2) is 70.6 Å². The third-order valence-corrected chi connectivity index (χ3v) is 6.26. The lowest BCUT2D eigenvalue weighted by atomic mass is 10.1. The quantitative estimate of drug-likeness (QED) is 0.746. The number of anilines is 1. The maximum absolute atomic E-state index is 12.9. The van der Waals surface area contributed by atoms with Gasteiger partial charge in [-0.15, -0.1) is 12.4 Å². The van der Waals surface area contributed by atoms with Crippen molar-refractivity contribution >= 4 is 38.8 Å². The van der Waals surface area contributed by atoms with Crippen LogP contribution < -0.4 is 10.2 Å². The first-order chi connectivity index (χ1) is 12.2. The fraction of sp³-hybridized carbons (Fsp3) is 0.211. The van der Waals surface area contributed by atoms with E-state index in [0.29, 0.717) is 9.79 Å². The molecule has 1 saturated heterocycles. The van der Waals surface area contributed by atoms with Gasteiger partial charge < -0.3 is 10.2 Å². The molecule has 26 heavy (non-hydrogen) atoms. The van der Waals surface area contributed by atoms with E-state index < -0.39 is 9.84 Å². The molecule has 1 aromatic heterocycles. The van der Waals surface area contributed by atoms with Crippen molar-refractivity contribution in [2.75, 3.05) is 31.1 Å². The molecule has 0 saturated carbocycles. The van der Waals surface area contributed by atoms with Crippen molar-refractivity contribution < 1.29 is 8.42 Å². The van der Waals surface area contributed by atoms with E-state index in [1.165, 1.54) is 0 Å². The molecular weight excluding hydrogens is 370 g/mol. The average molecular weight is 390 g/mol. The van der Waals surface area contributed by atoms with Crippen LogP contribution in [0.25, 0.3) is 10.8 Å². The Balaban J connectivity index is 0.00000196. The summed E-state index contributed by atoms with van der Waals surface area (Å²) in [5.74, 6) is 0.851. The molecule has 4 rings (SSSR count). The smallest absolute Gasteiger partial charge is 0.206 e. The Morgan fingerprint density at radius 1 is 0.923 bits per heavy atom. The molecule has 3 aromatic rings. The van der Waals surface area contributed by atoms with Gasteiger partial charge in [-0.2, -0.15) is 0 Å². The fourth-order valence-corrected chi connectivity index (χ4v) is 4.47. The largest absolute Gasteiger partial charge is 0.354 e. The van der Waals surface area contributed by atoms with Gasteiger partial charge in [0.15, 0.2) is 0 Å². The lowest BCUT2D eigenvalue weighted by molar-refractivity contribution is 0.586. The summed E-state index contributed by atoms with van der Waals surface area (Å²) in [5, 5.41) is 5.20. The summed E-state index contributed by atoms with van der Waals surface area (Å²) < 4.78 is 25.8. The van der Waals surface area contributed by atoms with Crippen LogP contribution in [0.2, 0.25) is 0 Å². The highest BCUT2D eigenvalue weighted by molar-refractivity contribution is 7.91. The minimum Gasteiger partial charge on any atom is -0.354 e. The first-order valence-corrected chi connectivity index (χ1v) is 9.79. The van der Waals surface area contributed by atoms with Crippen molar-refractivity contribution in [1.82, 2.24) is 10.3 Å². The zero-order chi connectivity index (χ0) is 17.3. The predicted octanol–water partition coefficient (Wildman–Crippen LogP) is 2.90. The number of hydrogen-bond acceptors (Lipinski definition) is 5. The van der Waals surface area contributed by atoms with Crippen LogP contribution in [-0.4, -0.2) is 39.6 Å². The van der Waals surface area contributed by atoms with Gasteiger partial charge in [-0.05, 0) is 35.7 Å². The highest BCUT2D eigenvalue weighted by Crippen LogP contribution is 2.29. The molecule has 0 bridgehead atoms. The Kier molecular flexibility index (Phi) is 5.46. The van der Waals surface area contributed by atoms with Crippen molar-refractivity contribution in [3.05, 3.63) is 60.8 Å². The van der Waals surface area contributed by atoms with Gasteiger partial charge in [0.25, 0.3) is 0 Å². The highest BCUT2D eigenvalue weighted by Gasteiger charge is 2.20. The number of halogens is 1. The number of benzene rings is 2. The molecule has 1 fully saturated rings. The summed E-state index contributed by atoms with van der Waals surface area (Å²) in [7, 11) is -3.54. The van der Waals surface area contributed by atoms with Crippen molar-refractivity contribution in [3.63, 3.8) is 0 Å². The number of piperazine rings is 1. The molecule has 2 heterocycles.